The molecule has 2 amide bonds. The zero-order valence-corrected chi connectivity index (χ0v) is 23.7. The van der Waals surface area contributed by atoms with Crippen molar-refractivity contribution in [1.82, 2.24) is 10.2 Å². The van der Waals surface area contributed by atoms with E-state index in [9.17, 15) is 24.9 Å². The average Bonchev–Trinajstić information content (AvgIpc) is 2.91. The van der Waals surface area contributed by atoms with Gasteiger partial charge in [-0.2, -0.15) is 0 Å². The second kappa shape index (κ2) is 14.1. The molecule has 9 atom stereocenters. The highest BCUT2D eigenvalue weighted by atomic mass is 32.2. The Hall–Kier alpha value is -1.69. The largest absolute Gasteiger partial charge is 0.388 e. The molecule has 1 aromatic rings. The summed E-state index contributed by atoms with van der Waals surface area (Å²) in [5.41, 5.74) is 6.57. The third kappa shape index (κ3) is 7.28. The monoisotopic (exact) mass is 551 g/mol. The Balaban J connectivity index is 1.80. The summed E-state index contributed by atoms with van der Waals surface area (Å²) in [6.07, 6.45) is 0.510. The van der Waals surface area contributed by atoms with E-state index >= 15 is 0 Å². The Labute approximate surface area is 230 Å². The standard InChI is InChI=1S/C28H45N3O6S/c1-5-9-17-12-13-31(27(36)19(29)14-18-10-7-6-8-11-18)20(15-17)26(35)30-21(16(2)3)25-23(33)22(32)24(34)28(37-25)38-4/h6-8,10-11,16-17,19-25,28,32-34H,5,9,12-15,29H2,1-4H3,(H,30,35). The van der Waals surface area contributed by atoms with Crippen molar-refractivity contribution in [1.29, 1.82) is 0 Å². The molecule has 0 aliphatic carbocycles. The summed E-state index contributed by atoms with van der Waals surface area (Å²) in [5, 5.41) is 34.5. The fourth-order valence-electron chi connectivity index (χ4n) is 5.64. The maximum Gasteiger partial charge on any atom is 0.243 e. The summed E-state index contributed by atoms with van der Waals surface area (Å²) in [5.74, 6) is -0.401. The molecule has 2 heterocycles. The number of hydrogen-bond acceptors (Lipinski definition) is 8. The van der Waals surface area contributed by atoms with Crippen LogP contribution in [0, 0.1) is 11.8 Å². The fraction of sp³-hybridized carbons (Fsp3) is 0.714. The lowest BCUT2D eigenvalue weighted by molar-refractivity contribution is -0.208. The van der Waals surface area contributed by atoms with Gasteiger partial charge in [0.15, 0.2) is 0 Å². The number of benzene rings is 1. The highest BCUT2D eigenvalue weighted by molar-refractivity contribution is 7.99. The van der Waals surface area contributed by atoms with E-state index in [0.29, 0.717) is 25.3 Å². The second-order valence-electron chi connectivity index (χ2n) is 11.0. The van der Waals surface area contributed by atoms with Crippen LogP contribution in [-0.2, 0) is 20.7 Å². The summed E-state index contributed by atoms with van der Waals surface area (Å²) in [6.45, 7) is 6.36. The van der Waals surface area contributed by atoms with E-state index in [1.807, 2.05) is 44.2 Å². The minimum atomic E-state index is -1.40. The first kappa shape index (κ1) is 30.8. The minimum absolute atomic E-state index is 0.150. The molecule has 0 spiro atoms. The van der Waals surface area contributed by atoms with Gasteiger partial charge in [0.05, 0.1) is 12.1 Å². The van der Waals surface area contributed by atoms with Crippen molar-refractivity contribution in [3.8, 4) is 0 Å². The number of hydrogen-bond donors (Lipinski definition) is 5. The number of carbonyl (C=O) groups is 2. The normalized spacial score (nSPS) is 31.6. The van der Waals surface area contributed by atoms with Gasteiger partial charge in [0, 0.05) is 6.54 Å². The van der Waals surface area contributed by atoms with Crippen molar-refractivity contribution in [2.24, 2.45) is 17.6 Å². The molecule has 0 aromatic heterocycles. The number of nitrogens with one attached hydrogen (secondary N) is 1. The minimum Gasteiger partial charge on any atom is -0.388 e. The molecule has 2 fully saturated rings. The van der Waals surface area contributed by atoms with E-state index < -0.39 is 48.0 Å². The first-order valence-corrected chi connectivity index (χ1v) is 15.0. The Kier molecular flexibility index (Phi) is 11.4. The molecule has 2 aliphatic heterocycles. The Bertz CT molecular complexity index is 904. The maximum absolute atomic E-state index is 13.8. The molecule has 38 heavy (non-hydrogen) atoms. The summed E-state index contributed by atoms with van der Waals surface area (Å²) in [6, 6.07) is 7.49. The number of rotatable bonds is 10. The van der Waals surface area contributed by atoms with E-state index in [0.717, 1.165) is 24.8 Å². The number of piperidine rings is 1. The molecule has 9 unspecified atom stereocenters. The molecule has 10 heteroatoms. The molecule has 3 rings (SSSR count). The zero-order valence-electron chi connectivity index (χ0n) is 22.9. The van der Waals surface area contributed by atoms with Crippen LogP contribution < -0.4 is 11.1 Å². The van der Waals surface area contributed by atoms with Gasteiger partial charge in [-0.15, -0.1) is 11.8 Å². The highest BCUT2D eigenvalue weighted by Crippen LogP contribution is 2.32. The van der Waals surface area contributed by atoms with E-state index in [1.165, 1.54) is 11.8 Å². The van der Waals surface area contributed by atoms with Crippen molar-refractivity contribution in [3.63, 3.8) is 0 Å². The molecule has 2 aliphatic rings. The topological polar surface area (TPSA) is 145 Å². The first-order valence-electron chi connectivity index (χ1n) is 13.7. The van der Waals surface area contributed by atoms with Gasteiger partial charge in [-0.1, -0.05) is 63.9 Å². The first-order chi connectivity index (χ1) is 18.1. The van der Waals surface area contributed by atoms with Crippen molar-refractivity contribution in [2.45, 2.75) is 101 Å². The molecule has 1 aromatic carbocycles. The predicted molar refractivity (Wildman–Crippen MR) is 148 cm³/mol. The lowest BCUT2D eigenvalue weighted by Crippen LogP contribution is -2.65. The Morgan fingerprint density at radius 1 is 1.16 bits per heavy atom. The van der Waals surface area contributed by atoms with Crippen LogP contribution in [0.15, 0.2) is 30.3 Å². The molecule has 2 saturated heterocycles. The molecular weight excluding hydrogens is 506 g/mol. The Morgan fingerprint density at radius 3 is 2.45 bits per heavy atom. The third-order valence-electron chi connectivity index (χ3n) is 7.83. The second-order valence-corrected chi connectivity index (χ2v) is 11.9. The van der Waals surface area contributed by atoms with Crippen LogP contribution in [0.3, 0.4) is 0 Å². The van der Waals surface area contributed by atoms with Gasteiger partial charge in [0.25, 0.3) is 0 Å². The van der Waals surface area contributed by atoms with E-state index in [-0.39, 0.29) is 17.7 Å². The van der Waals surface area contributed by atoms with E-state index in [4.69, 9.17) is 10.5 Å². The van der Waals surface area contributed by atoms with Crippen molar-refractivity contribution < 1.29 is 29.6 Å². The van der Waals surface area contributed by atoms with Crippen LogP contribution in [0.4, 0.5) is 0 Å². The molecule has 0 saturated carbocycles. The summed E-state index contributed by atoms with van der Waals surface area (Å²) in [4.78, 5) is 28.9. The third-order valence-corrected chi connectivity index (χ3v) is 8.68. The quantitative estimate of drug-likeness (QED) is 0.292. The number of amides is 2. The predicted octanol–water partition coefficient (Wildman–Crippen LogP) is 1.28. The number of carbonyl (C=O) groups excluding carboxylic acids is 2. The SMILES string of the molecule is CCCC1CCN(C(=O)C(N)Cc2ccccc2)C(C(=O)NC(C(C)C)C2OC(SC)C(O)C(O)C2O)C1. The van der Waals surface area contributed by atoms with Gasteiger partial charge in [-0.3, -0.25) is 9.59 Å². The number of likely N-dealkylation sites (tertiary alicyclic amines) is 1. The van der Waals surface area contributed by atoms with Crippen molar-refractivity contribution in [2.75, 3.05) is 12.8 Å². The molecule has 214 valence electrons. The lowest BCUT2D eigenvalue weighted by atomic mass is 9.85. The average molecular weight is 552 g/mol. The molecule has 9 nitrogen and oxygen atoms in total. The van der Waals surface area contributed by atoms with Gasteiger partial charge in [0.1, 0.15) is 35.9 Å². The molecule has 0 radical (unpaired) electrons. The van der Waals surface area contributed by atoms with Crippen LogP contribution in [-0.4, -0.2) is 92.8 Å². The summed E-state index contributed by atoms with van der Waals surface area (Å²) in [7, 11) is 0. The van der Waals surface area contributed by atoms with Gasteiger partial charge in [-0.25, -0.2) is 0 Å². The number of thioether (sulfide) groups is 1. The summed E-state index contributed by atoms with van der Waals surface area (Å²) >= 11 is 1.23. The molecule has 0 bridgehead atoms. The van der Waals surface area contributed by atoms with Crippen LogP contribution in [0.2, 0.25) is 0 Å². The Morgan fingerprint density at radius 2 is 1.84 bits per heavy atom. The smallest absolute Gasteiger partial charge is 0.243 e. The van der Waals surface area contributed by atoms with E-state index in [2.05, 4.69) is 12.2 Å². The number of ether oxygens (including phenoxy) is 1. The number of aliphatic hydroxyl groups excluding tert-OH is 3. The van der Waals surface area contributed by atoms with Gasteiger partial charge in [0.2, 0.25) is 11.8 Å². The fourth-order valence-corrected chi connectivity index (χ4v) is 6.32. The van der Waals surface area contributed by atoms with Crippen molar-refractivity contribution in [3.05, 3.63) is 35.9 Å². The number of nitrogens with two attached hydrogens (primary N) is 1. The van der Waals surface area contributed by atoms with Gasteiger partial charge in [-0.05, 0) is 42.9 Å². The molecule has 6 N–H and O–H groups in total. The van der Waals surface area contributed by atoms with Gasteiger partial charge >= 0.3 is 0 Å². The summed E-state index contributed by atoms with van der Waals surface area (Å²) < 4.78 is 5.97. The molecular formula is C28H45N3O6S. The zero-order chi connectivity index (χ0) is 28.0. The number of aliphatic hydroxyl groups is 3. The maximum atomic E-state index is 13.8. The van der Waals surface area contributed by atoms with Crippen LogP contribution >= 0.6 is 11.8 Å². The van der Waals surface area contributed by atoms with Crippen LogP contribution in [0.5, 0.6) is 0 Å². The lowest BCUT2D eigenvalue weighted by Gasteiger charge is -2.45. The van der Waals surface area contributed by atoms with Gasteiger partial charge < -0.3 is 36.0 Å². The highest BCUT2D eigenvalue weighted by Gasteiger charge is 2.48. The van der Waals surface area contributed by atoms with Crippen LogP contribution in [0.1, 0.15) is 52.0 Å². The number of nitrogens with zero attached hydrogens (tertiary/aromatic N) is 1. The van der Waals surface area contributed by atoms with E-state index in [1.54, 1.807) is 11.2 Å². The van der Waals surface area contributed by atoms with Crippen LogP contribution in [0.25, 0.3) is 0 Å². The van der Waals surface area contributed by atoms with Crippen molar-refractivity contribution >= 4 is 23.6 Å².